The van der Waals surface area contributed by atoms with Gasteiger partial charge in [0.2, 0.25) is 0 Å². The molecule has 0 spiro atoms. The number of carbonyl (C=O) groups excluding carboxylic acids is 1. The number of hydrogen-bond acceptors (Lipinski definition) is 4. The van der Waals surface area contributed by atoms with Gasteiger partial charge in [-0.15, -0.1) is 24.8 Å². The first-order valence-corrected chi connectivity index (χ1v) is 10.4. The maximum absolute atomic E-state index is 15.1. The summed E-state index contributed by atoms with van der Waals surface area (Å²) >= 11 is 0. The van der Waals surface area contributed by atoms with Gasteiger partial charge in [-0.1, -0.05) is 12.5 Å². The Labute approximate surface area is 211 Å². The van der Waals surface area contributed by atoms with Gasteiger partial charge in [0.15, 0.2) is 0 Å². The van der Waals surface area contributed by atoms with Gasteiger partial charge in [-0.2, -0.15) is 0 Å². The minimum absolute atomic E-state index is 0. The fourth-order valence-corrected chi connectivity index (χ4v) is 3.80. The van der Waals surface area contributed by atoms with E-state index in [1.807, 2.05) is 0 Å². The zero-order valence-corrected chi connectivity index (χ0v) is 20.0. The largest absolute Gasteiger partial charge is 0.491 e. The highest BCUT2D eigenvalue weighted by molar-refractivity contribution is 6.06. The Morgan fingerprint density at radius 1 is 1.00 bits per heavy atom. The highest BCUT2D eigenvalue weighted by Gasteiger charge is 2.36. The van der Waals surface area contributed by atoms with E-state index in [1.54, 1.807) is 6.07 Å². The lowest BCUT2D eigenvalue weighted by Gasteiger charge is -2.40. The summed E-state index contributed by atoms with van der Waals surface area (Å²) in [6.45, 7) is 0.813. The van der Waals surface area contributed by atoms with Gasteiger partial charge in [-0.05, 0) is 37.1 Å². The van der Waals surface area contributed by atoms with Crippen molar-refractivity contribution in [3.8, 4) is 16.9 Å². The van der Waals surface area contributed by atoms with Gasteiger partial charge in [-0.25, -0.2) is 17.6 Å². The van der Waals surface area contributed by atoms with Crippen LogP contribution in [-0.4, -0.2) is 24.0 Å². The summed E-state index contributed by atoms with van der Waals surface area (Å²) in [7, 11) is 0. The number of rotatable bonds is 7. The molecule has 188 valence electrons. The van der Waals surface area contributed by atoms with E-state index in [1.165, 1.54) is 12.4 Å². The average molecular weight is 532 g/mol. The molecule has 5 nitrogen and oxygen atoms in total. The summed E-state index contributed by atoms with van der Waals surface area (Å²) in [6, 6.07) is 6.04. The van der Waals surface area contributed by atoms with Crippen molar-refractivity contribution in [1.82, 2.24) is 4.98 Å². The number of pyridine rings is 1. The number of nitrogens with two attached hydrogens (primary N) is 1. The van der Waals surface area contributed by atoms with Crippen LogP contribution in [0.2, 0.25) is 0 Å². The number of hydrogen-bond donors (Lipinski definition) is 2. The lowest BCUT2D eigenvalue weighted by atomic mass is 9.69. The standard InChI is InChI=1S/C24H21F4N3O2.2ClH/c25-15-3-1-4-16(26)20(15)21-17(27)6-5-14(22(21)28)23(32)31-18-11-30-10-7-19(18)33-13-24(12-29)8-2-9-24;;/h1,3-7,10-11H,2,8-9,12-13,29H2,(H,31,32);2*1H. The van der Waals surface area contributed by atoms with Crippen molar-refractivity contribution in [2.45, 2.75) is 19.3 Å². The van der Waals surface area contributed by atoms with Crippen molar-refractivity contribution in [2.75, 3.05) is 18.5 Å². The van der Waals surface area contributed by atoms with Crippen LogP contribution in [0.3, 0.4) is 0 Å². The second-order valence-electron chi connectivity index (χ2n) is 8.05. The SMILES string of the molecule is Cl.Cl.NCC1(COc2ccncc2NC(=O)c2ccc(F)c(-c3c(F)cccc3F)c2F)CCC1. The van der Waals surface area contributed by atoms with E-state index < -0.39 is 45.9 Å². The molecule has 35 heavy (non-hydrogen) atoms. The first-order chi connectivity index (χ1) is 15.8. The third-order valence-electron chi connectivity index (χ3n) is 5.96. The van der Waals surface area contributed by atoms with Crippen LogP contribution in [-0.2, 0) is 0 Å². The summed E-state index contributed by atoms with van der Waals surface area (Å²) in [6.07, 6.45) is 5.73. The molecular weight excluding hydrogens is 509 g/mol. The molecule has 1 saturated carbocycles. The Hall–Kier alpha value is -2.88. The molecule has 0 atom stereocenters. The lowest BCUT2D eigenvalue weighted by molar-refractivity contribution is 0.0670. The molecule has 3 N–H and O–H groups in total. The number of amides is 1. The topological polar surface area (TPSA) is 77.2 Å². The van der Waals surface area contributed by atoms with Crippen molar-refractivity contribution in [2.24, 2.45) is 11.1 Å². The zero-order valence-electron chi connectivity index (χ0n) is 18.3. The van der Waals surface area contributed by atoms with Crippen molar-refractivity contribution in [3.05, 3.63) is 77.6 Å². The molecule has 0 aliphatic heterocycles. The van der Waals surface area contributed by atoms with E-state index in [4.69, 9.17) is 10.5 Å². The normalized spacial score (nSPS) is 13.6. The van der Waals surface area contributed by atoms with Gasteiger partial charge in [0.1, 0.15) is 34.7 Å². The molecule has 1 heterocycles. The van der Waals surface area contributed by atoms with Crippen LogP contribution in [0.1, 0.15) is 29.6 Å². The molecule has 0 bridgehead atoms. The number of ether oxygens (including phenoxy) is 1. The number of nitrogens with one attached hydrogen (secondary N) is 1. The van der Waals surface area contributed by atoms with E-state index in [-0.39, 0.29) is 35.9 Å². The van der Waals surface area contributed by atoms with Gasteiger partial charge in [0, 0.05) is 24.2 Å². The van der Waals surface area contributed by atoms with Gasteiger partial charge in [0.05, 0.1) is 29.5 Å². The smallest absolute Gasteiger partial charge is 0.258 e. The maximum atomic E-state index is 15.1. The Kier molecular flexibility index (Phi) is 9.48. The van der Waals surface area contributed by atoms with E-state index >= 15 is 4.39 Å². The van der Waals surface area contributed by atoms with Crippen LogP contribution < -0.4 is 15.8 Å². The molecule has 2 aromatic carbocycles. The predicted molar refractivity (Wildman–Crippen MR) is 129 cm³/mol. The summed E-state index contributed by atoms with van der Waals surface area (Å²) in [5.74, 6) is -5.55. The highest BCUT2D eigenvalue weighted by Crippen LogP contribution is 2.41. The van der Waals surface area contributed by atoms with Gasteiger partial charge >= 0.3 is 0 Å². The van der Waals surface area contributed by atoms with E-state index in [0.717, 1.165) is 49.6 Å². The summed E-state index contributed by atoms with van der Waals surface area (Å²) in [5.41, 5.74) is 3.45. The molecule has 0 unspecified atom stereocenters. The molecule has 4 rings (SSSR count). The lowest BCUT2D eigenvalue weighted by Crippen LogP contribution is -2.42. The third kappa shape index (κ3) is 5.69. The summed E-state index contributed by atoms with van der Waals surface area (Å²) in [5, 5.41) is 2.48. The molecule has 1 aliphatic rings. The molecule has 3 aromatic rings. The second kappa shape index (κ2) is 11.7. The Bertz CT molecular complexity index is 1180. The van der Waals surface area contributed by atoms with Crippen LogP contribution in [0.25, 0.3) is 11.1 Å². The summed E-state index contributed by atoms with van der Waals surface area (Å²) in [4.78, 5) is 16.8. The number of halogens is 6. The molecule has 11 heteroatoms. The van der Waals surface area contributed by atoms with Crippen molar-refractivity contribution >= 4 is 36.4 Å². The minimum atomic E-state index is -1.39. The molecular formula is C24H23Cl2F4N3O2. The molecule has 1 aromatic heterocycles. The fraction of sp³-hybridized carbons (Fsp3) is 0.250. The van der Waals surface area contributed by atoms with Crippen LogP contribution in [0.5, 0.6) is 5.75 Å². The number of anilines is 1. The molecule has 0 radical (unpaired) electrons. The molecule has 1 fully saturated rings. The molecule has 0 saturated heterocycles. The van der Waals surface area contributed by atoms with Gasteiger partial charge in [0.25, 0.3) is 5.91 Å². The quantitative estimate of drug-likeness (QED) is 0.371. The molecule has 1 amide bonds. The van der Waals surface area contributed by atoms with Gasteiger partial charge < -0.3 is 15.8 Å². The van der Waals surface area contributed by atoms with Crippen LogP contribution in [0, 0.1) is 28.7 Å². The number of carbonyl (C=O) groups is 1. The fourth-order valence-electron chi connectivity index (χ4n) is 3.80. The van der Waals surface area contributed by atoms with Gasteiger partial charge in [-0.3, -0.25) is 9.78 Å². The van der Waals surface area contributed by atoms with E-state index in [2.05, 4.69) is 10.3 Å². The number of aromatic nitrogens is 1. The predicted octanol–water partition coefficient (Wildman–Crippen LogP) is 5.91. The second-order valence-corrected chi connectivity index (χ2v) is 8.05. The Balaban J connectivity index is 0.00000216. The maximum Gasteiger partial charge on any atom is 0.258 e. The third-order valence-corrected chi connectivity index (χ3v) is 5.96. The number of nitrogens with zero attached hydrogens (tertiary/aromatic N) is 1. The average Bonchev–Trinajstić information content (AvgIpc) is 2.76. The first kappa shape index (κ1) is 28.4. The van der Waals surface area contributed by atoms with Crippen LogP contribution >= 0.6 is 24.8 Å². The van der Waals surface area contributed by atoms with E-state index in [0.29, 0.717) is 18.9 Å². The first-order valence-electron chi connectivity index (χ1n) is 10.4. The minimum Gasteiger partial charge on any atom is -0.491 e. The Morgan fingerprint density at radius 3 is 2.26 bits per heavy atom. The summed E-state index contributed by atoms with van der Waals surface area (Å²) < 4.78 is 63.7. The Morgan fingerprint density at radius 2 is 1.66 bits per heavy atom. The highest BCUT2D eigenvalue weighted by atomic mass is 35.5. The monoisotopic (exact) mass is 531 g/mol. The van der Waals surface area contributed by atoms with Crippen molar-refractivity contribution in [3.63, 3.8) is 0 Å². The van der Waals surface area contributed by atoms with Crippen LogP contribution in [0.4, 0.5) is 23.2 Å². The van der Waals surface area contributed by atoms with Crippen LogP contribution in [0.15, 0.2) is 48.8 Å². The van der Waals surface area contributed by atoms with Crippen molar-refractivity contribution < 1.29 is 27.1 Å². The number of benzene rings is 2. The molecule has 1 aliphatic carbocycles. The zero-order chi connectivity index (χ0) is 23.6. The van der Waals surface area contributed by atoms with E-state index in [9.17, 15) is 18.0 Å². The van der Waals surface area contributed by atoms with Crippen molar-refractivity contribution in [1.29, 1.82) is 0 Å².